The van der Waals surface area contributed by atoms with E-state index in [9.17, 15) is 9.59 Å². The van der Waals surface area contributed by atoms with Gasteiger partial charge in [-0.25, -0.2) is 9.48 Å². The van der Waals surface area contributed by atoms with Gasteiger partial charge in [0.05, 0.1) is 6.61 Å². The molecule has 0 saturated heterocycles. The molecule has 0 aliphatic heterocycles. The van der Waals surface area contributed by atoms with Crippen LogP contribution in [0.4, 0.5) is 5.69 Å². The monoisotopic (exact) mass is 211 g/mol. The maximum atomic E-state index is 11.4. The van der Waals surface area contributed by atoms with E-state index >= 15 is 0 Å². The van der Waals surface area contributed by atoms with Gasteiger partial charge in [0.1, 0.15) is 5.69 Å². The SMILES string of the molecule is CCOC(=O)c1cc(N)c(=O)n(CC)n1. The maximum absolute atomic E-state index is 11.4. The Bertz CT molecular complexity index is 425. The van der Waals surface area contributed by atoms with Crippen molar-refractivity contribution in [3.8, 4) is 0 Å². The Morgan fingerprint density at radius 3 is 2.80 bits per heavy atom. The second-order valence-corrected chi connectivity index (χ2v) is 2.83. The molecule has 0 bridgehead atoms. The van der Waals surface area contributed by atoms with Gasteiger partial charge in [-0.1, -0.05) is 0 Å². The van der Waals surface area contributed by atoms with Crippen molar-refractivity contribution in [1.82, 2.24) is 9.78 Å². The third-order valence-electron chi connectivity index (χ3n) is 1.79. The summed E-state index contributed by atoms with van der Waals surface area (Å²) >= 11 is 0. The minimum atomic E-state index is -0.577. The molecule has 0 aliphatic rings. The largest absolute Gasteiger partial charge is 0.461 e. The van der Waals surface area contributed by atoms with Crippen molar-refractivity contribution in [2.45, 2.75) is 20.4 Å². The molecule has 15 heavy (non-hydrogen) atoms. The lowest BCUT2D eigenvalue weighted by Crippen LogP contribution is -2.27. The molecule has 1 heterocycles. The van der Waals surface area contributed by atoms with Crippen molar-refractivity contribution in [3.05, 3.63) is 22.1 Å². The molecule has 82 valence electrons. The van der Waals surface area contributed by atoms with Gasteiger partial charge in [0.15, 0.2) is 5.69 Å². The van der Waals surface area contributed by atoms with Crippen molar-refractivity contribution in [2.24, 2.45) is 0 Å². The van der Waals surface area contributed by atoms with Crippen molar-refractivity contribution < 1.29 is 9.53 Å². The fraction of sp³-hybridized carbons (Fsp3) is 0.444. The van der Waals surface area contributed by atoms with Gasteiger partial charge in [-0.3, -0.25) is 4.79 Å². The molecule has 0 aromatic carbocycles. The Kier molecular flexibility index (Phi) is 3.43. The third-order valence-corrected chi connectivity index (χ3v) is 1.79. The number of nitrogens with two attached hydrogens (primary N) is 1. The van der Waals surface area contributed by atoms with Crippen LogP contribution in [0.5, 0.6) is 0 Å². The molecule has 0 aliphatic carbocycles. The third kappa shape index (κ3) is 2.34. The predicted molar refractivity (Wildman–Crippen MR) is 54.5 cm³/mol. The quantitative estimate of drug-likeness (QED) is 0.712. The lowest BCUT2D eigenvalue weighted by atomic mass is 10.3. The number of nitrogen functional groups attached to an aromatic ring is 1. The maximum Gasteiger partial charge on any atom is 0.358 e. The van der Waals surface area contributed by atoms with Crippen LogP contribution in [0.1, 0.15) is 24.3 Å². The van der Waals surface area contributed by atoms with Crippen LogP contribution >= 0.6 is 0 Å². The van der Waals surface area contributed by atoms with Gasteiger partial charge >= 0.3 is 5.97 Å². The van der Waals surface area contributed by atoms with E-state index in [2.05, 4.69) is 5.10 Å². The highest BCUT2D eigenvalue weighted by Gasteiger charge is 2.12. The standard InChI is InChI=1S/C9H13N3O3/c1-3-12-8(13)6(10)5-7(11-12)9(14)15-4-2/h5H,3-4,10H2,1-2H3. The van der Waals surface area contributed by atoms with Gasteiger partial charge in [0, 0.05) is 12.6 Å². The molecular weight excluding hydrogens is 198 g/mol. The average molecular weight is 211 g/mol. The van der Waals surface area contributed by atoms with Crippen molar-refractivity contribution >= 4 is 11.7 Å². The van der Waals surface area contributed by atoms with E-state index in [1.165, 1.54) is 6.07 Å². The topological polar surface area (TPSA) is 87.2 Å². The zero-order valence-corrected chi connectivity index (χ0v) is 8.69. The molecule has 0 radical (unpaired) electrons. The van der Waals surface area contributed by atoms with Crippen LogP contribution in [0.2, 0.25) is 0 Å². The van der Waals surface area contributed by atoms with Crippen LogP contribution in [-0.2, 0) is 11.3 Å². The summed E-state index contributed by atoms with van der Waals surface area (Å²) in [6.07, 6.45) is 0. The lowest BCUT2D eigenvalue weighted by Gasteiger charge is -2.05. The highest BCUT2D eigenvalue weighted by molar-refractivity contribution is 5.87. The van der Waals surface area contributed by atoms with Gasteiger partial charge in [-0.15, -0.1) is 0 Å². The predicted octanol–water partition coefficient (Wildman–Crippen LogP) is 0.0221. The number of ether oxygens (including phenoxy) is 1. The van der Waals surface area contributed by atoms with Crippen LogP contribution in [0.15, 0.2) is 10.9 Å². The Morgan fingerprint density at radius 1 is 1.60 bits per heavy atom. The number of anilines is 1. The number of carbonyl (C=O) groups excluding carboxylic acids is 1. The number of carbonyl (C=O) groups is 1. The van der Waals surface area contributed by atoms with Crippen LogP contribution in [0.25, 0.3) is 0 Å². The molecule has 1 aromatic rings. The molecule has 0 amide bonds. The second-order valence-electron chi connectivity index (χ2n) is 2.83. The van der Waals surface area contributed by atoms with Gasteiger partial charge in [0.2, 0.25) is 0 Å². The first-order chi connectivity index (χ1) is 7.10. The van der Waals surface area contributed by atoms with Crippen molar-refractivity contribution in [2.75, 3.05) is 12.3 Å². The molecule has 6 nitrogen and oxygen atoms in total. The summed E-state index contributed by atoms with van der Waals surface area (Å²) in [5.74, 6) is -0.577. The first kappa shape index (κ1) is 11.2. The van der Waals surface area contributed by atoms with E-state index in [0.717, 1.165) is 4.68 Å². The van der Waals surface area contributed by atoms with Crippen LogP contribution in [0, 0.1) is 0 Å². The fourth-order valence-electron chi connectivity index (χ4n) is 1.08. The summed E-state index contributed by atoms with van der Waals surface area (Å²) in [6, 6.07) is 1.23. The van der Waals surface area contributed by atoms with Gasteiger partial charge in [-0.05, 0) is 13.8 Å². The summed E-state index contributed by atoms with van der Waals surface area (Å²) in [5.41, 5.74) is 5.10. The zero-order valence-electron chi connectivity index (χ0n) is 8.69. The van der Waals surface area contributed by atoms with Gasteiger partial charge in [0.25, 0.3) is 5.56 Å². The van der Waals surface area contributed by atoms with E-state index in [4.69, 9.17) is 10.5 Å². The summed E-state index contributed by atoms with van der Waals surface area (Å²) < 4.78 is 5.88. The summed E-state index contributed by atoms with van der Waals surface area (Å²) in [7, 11) is 0. The van der Waals surface area contributed by atoms with E-state index in [1.807, 2.05) is 0 Å². The summed E-state index contributed by atoms with van der Waals surface area (Å²) in [6.45, 7) is 4.04. The highest BCUT2D eigenvalue weighted by atomic mass is 16.5. The minimum Gasteiger partial charge on any atom is -0.461 e. The van der Waals surface area contributed by atoms with Crippen molar-refractivity contribution in [3.63, 3.8) is 0 Å². The number of aromatic nitrogens is 2. The smallest absolute Gasteiger partial charge is 0.358 e. The molecule has 1 rings (SSSR count). The van der Waals surface area contributed by atoms with Crippen LogP contribution < -0.4 is 11.3 Å². The first-order valence-electron chi connectivity index (χ1n) is 4.64. The number of esters is 1. The molecule has 0 fully saturated rings. The molecule has 0 unspecified atom stereocenters. The molecule has 0 saturated carbocycles. The second kappa shape index (κ2) is 4.59. The van der Waals surface area contributed by atoms with E-state index < -0.39 is 11.5 Å². The molecule has 6 heteroatoms. The summed E-state index contributed by atoms with van der Waals surface area (Å²) in [4.78, 5) is 22.7. The van der Waals surface area contributed by atoms with E-state index in [0.29, 0.717) is 6.54 Å². The number of rotatable bonds is 3. The summed E-state index contributed by atoms with van der Waals surface area (Å²) in [5, 5.41) is 3.82. The van der Waals surface area contributed by atoms with Gasteiger partial charge < -0.3 is 10.5 Å². The number of hydrogen-bond acceptors (Lipinski definition) is 5. The zero-order chi connectivity index (χ0) is 11.4. The molecule has 1 aromatic heterocycles. The van der Waals surface area contributed by atoms with Crippen LogP contribution in [-0.4, -0.2) is 22.4 Å². The van der Waals surface area contributed by atoms with Crippen LogP contribution in [0.3, 0.4) is 0 Å². The van der Waals surface area contributed by atoms with E-state index in [-0.39, 0.29) is 18.0 Å². The Balaban J connectivity index is 3.16. The normalized spacial score (nSPS) is 10.0. The Labute approximate surface area is 86.7 Å². The average Bonchev–Trinajstić information content (AvgIpc) is 2.22. The first-order valence-corrected chi connectivity index (χ1v) is 4.64. The minimum absolute atomic E-state index is 0.00472. The number of nitrogens with zero attached hydrogens (tertiary/aromatic N) is 2. The molecule has 0 atom stereocenters. The molecule has 0 spiro atoms. The Morgan fingerprint density at radius 2 is 2.27 bits per heavy atom. The molecule has 2 N–H and O–H groups in total. The van der Waals surface area contributed by atoms with Gasteiger partial charge in [-0.2, -0.15) is 5.10 Å². The fourth-order valence-corrected chi connectivity index (χ4v) is 1.08. The lowest BCUT2D eigenvalue weighted by molar-refractivity contribution is 0.0516. The molecular formula is C9H13N3O3. The number of aryl methyl sites for hydroxylation is 1. The highest BCUT2D eigenvalue weighted by Crippen LogP contribution is 2.00. The Hall–Kier alpha value is -1.85. The van der Waals surface area contributed by atoms with E-state index in [1.54, 1.807) is 13.8 Å². The number of hydrogen-bond donors (Lipinski definition) is 1. The van der Waals surface area contributed by atoms with Crippen molar-refractivity contribution in [1.29, 1.82) is 0 Å².